The standard InChI is InChI=1S/C9H20N2O2/c1-4-6(2)8(10)9(13)11-5-7(3)12/h6-8,12H,4-5,10H2,1-3H3,(H,11,13)/t6?,7-,8?/m1/s1. The van der Waals surface area contributed by atoms with Crippen LogP contribution in [0.4, 0.5) is 0 Å². The highest BCUT2D eigenvalue weighted by molar-refractivity contribution is 5.81. The molecule has 4 N–H and O–H groups in total. The highest BCUT2D eigenvalue weighted by Crippen LogP contribution is 2.04. The molecule has 0 aliphatic heterocycles. The second-order valence-corrected chi connectivity index (χ2v) is 3.51. The summed E-state index contributed by atoms with van der Waals surface area (Å²) < 4.78 is 0. The molecule has 3 atom stereocenters. The molecule has 0 heterocycles. The third-order valence-electron chi connectivity index (χ3n) is 2.13. The van der Waals surface area contributed by atoms with Crippen LogP contribution in [-0.2, 0) is 4.79 Å². The van der Waals surface area contributed by atoms with Gasteiger partial charge in [-0.3, -0.25) is 4.79 Å². The van der Waals surface area contributed by atoms with Gasteiger partial charge >= 0.3 is 0 Å². The number of nitrogens with two attached hydrogens (primary N) is 1. The number of carbonyl (C=O) groups excluding carboxylic acids is 1. The average Bonchev–Trinajstić information content (AvgIpc) is 2.11. The van der Waals surface area contributed by atoms with Gasteiger partial charge in [-0.05, 0) is 12.8 Å². The van der Waals surface area contributed by atoms with Gasteiger partial charge in [0.05, 0.1) is 12.1 Å². The number of nitrogens with one attached hydrogen (secondary N) is 1. The fourth-order valence-electron chi connectivity index (χ4n) is 0.878. The Kier molecular flexibility index (Phi) is 5.66. The van der Waals surface area contributed by atoms with E-state index in [0.717, 1.165) is 6.42 Å². The summed E-state index contributed by atoms with van der Waals surface area (Å²) in [4.78, 5) is 11.3. The first kappa shape index (κ1) is 12.4. The van der Waals surface area contributed by atoms with Crippen LogP contribution in [0.2, 0.25) is 0 Å². The Morgan fingerprint density at radius 3 is 2.46 bits per heavy atom. The fraction of sp³-hybridized carbons (Fsp3) is 0.889. The predicted octanol–water partition coefficient (Wildman–Crippen LogP) is -0.143. The van der Waals surface area contributed by atoms with Gasteiger partial charge in [-0.25, -0.2) is 0 Å². The van der Waals surface area contributed by atoms with Gasteiger partial charge in [0.1, 0.15) is 0 Å². The molecule has 0 rings (SSSR count). The van der Waals surface area contributed by atoms with Crippen molar-refractivity contribution in [2.75, 3.05) is 6.54 Å². The molecule has 0 fully saturated rings. The van der Waals surface area contributed by atoms with E-state index in [-0.39, 0.29) is 18.4 Å². The van der Waals surface area contributed by atoms with E-state index in [4.69, 9.17) is 10.8 Å². The number of aliphatic hydroxyl groups excluding tert-OH is 1. The first-order valence-electron chi connectivity index (χ1n) is 4.70. The summed E-state index contributed by atoms with van der Waals surface area (Å²) in [6, 6.07) is -0.469. The largest absolute Gasteiger partial charge is 0.392 e. The molecule has 0 aliphatic carbocycles. The van der Waals surface area contributed by atoms with E-state index in [1.165, 1.54) is 0 Å². The van der Waals surface area contributed by atoms with Crippen molar-refractivity contribution in [1.29, 1.82) is 0 Å². The molecule has 0 spiro atoms. The number of aliphatic hydroxyl groups is 1. The Hall–Kier alpha value is -0.610. The van der Waals surface area contributed by atoms with Crippen molar-refractivity contribution in [3.8, 4) is 0 Å². The Bertz CT molecular complexity index is 160. The minimum Gasteiger partial charge on any atom is -0.392 e. The highest BCUT2D eigenvalue weighted by Gasteiger charge is 2.18. The number of hydrogen-bond donors (Lipinski definition) is 3. The minimum atomic E-state index is -0.520. The van der Waals surface area contributed by atoms with E-state index in [9.17, 15) is 4.79 Å². The molecule has 4 nitrogen and oxygen atoms in total. The topological polar surface area (TPSA) is 75.4 Å². The molecule has 0 aromatic heterocycles. The quantitative estimate of drug-likeness (QED) is 0.562. The summed E-state index contributed by atoms with van der Waals surface area (Å²) in [6.07, 6.45) is 0.358. The van der Waals surface area contributed by atoms with Crippen molar-refractivity contribution in [3.05, 3.63) is 0 Å². The van der Waals surface area contributed by atoms with Crippen molar-refractivity contribution in [2.24, 2.45) is 11.7 Å². The summed E-state index contributed by atoms with van der Waals surface area (Å²) >= 11 is 0. The molecular weight excluding hydrogens is 168 g/mol. The third kappa shape index (κ3) is 4.85. The predicted molar refractivity (Wildman–Crippen MR) is 52.1 cm³/mol. The number of amides is 1. The van der Waals surface area contributed by atoms with Gasteiger partial charge in [-0.2, -0.15) is 0 Å². The zero-order valence-corrected chi connectivity index (χ0v) is 8.58. The van der Waals surface area contributed by atoms with E-state index in [1.807, 2.05) is 13.8 Å². The lowest BCUT2D eigenvalue weighted by Crippen LogP contribution is -2.46. The summed E-state index contributed by atoms with van der Waals surface area (Å²) in [5, 5.41) is 11.5. The molecule has 1 amide bonds. The molecule has 0 saturated carbocycles. The van der Waals surface area contributed by atoms with Gasteiger partial charge in [0, 0.05) is 6.54 Å². The van der Waals surface area contributed by atoms with Crippen molar-refractivity contribution in [3.63, 3.8) is 0 Å². The maximum Gasteiger partial charge on any atom is 0.237 e. The number of rotatable bonds is 5. The van der Waals surface area contributed by atoms with Crippen LogP contribution < -0.4 is 11.1 Å². The molecule has 2 unspecified atom stereocenters. The lowest BCUT2D eigenvalue weighted by atomic mass is 9.99. The van der Waals surface area contributed by atoms with Crippen LogP contribution in [0.3, 0.4) is 0 Å². The van der Waals surface area contributed by atoms with Crippen LogP contribution >= 0.6 is 0 Å². The van der Waals surface area contributed by atoms with Crippen LogP contribution in [0.25, 0.3) is 0 Å². The summed E-state index contributed by atoms with van der Waals surface area (Å²) in [5.41, 5.74) is 5.66. The van der Waals surface area contributed by atoms with E-state index < -0.39 is 12.1 Å². The van der Waals surface area contributed by atoms with E-state index in [1.54, 1.807) is 6.92 Å². The van der Waals surface area contributed by atoms with Crippen LogP contribution in [0, 0.1) is 5.92 Å². The molecule has 13 heavy (non-hydrogen) atoms. The van der Waals surface area contributed by atoms with E-state index in [0.29, 0.717) is 0 Å². The zero-order chi connectivity index (χ0) is 10.4. The molecule has 0 aromatic rings. The van der Waals surface area contributed by atoms with Gasteiger partial charge in [0.25, 0.3) is 0 Å². The maximum absolute atomic E-state index is 11.3. The third-order valence-corrected chi connectivity index (χ3v) is 2.13. The van der Waals surface area contributed by atoms with Gasteiger partial charge in [-0.1, -0.05) is 20.3 Å². The molecule has 78 valence electrons. The van der Waals surface area contributed by atoms with Crippen molar-refractivity contribution < 1.29 is 9.90 Å². The van der Waals surface area contributed by atoms with E-state index in [2.05, 4.69) is 5.32 Å². The minimum absolute atomic E-state index is 0.175. The van der Waals surface area contributed by atoms with Crippen LogP contribution in [0.5, 0.6) is 0 Å². The van der Waals surface area contributed by atoms with Crippen LogP contribution in [0.1, 0.15) is 27.2 Å². The van der Waals surface area contributed by atoms with Crippen molar-refractivity contribution >= 4 is 5.91 Å². The lowest BCUT2D eigenvalue weighted by Gasteiger charge is -2.18. The van der Waals surface area contributed by atoms with Crippen molar-refractivity contribution in [2.45, 2.75) is 39.3 Å². The molecule has 4 heteroatoms. The van der Waals surface area contributed by atoms with Gasteiger partial charge in [0.15, 0.2) is 0 Å². The first-order valence-corrected chi connectivity index (χ1v) is 4.70. The summed E-state index contributed by atoms with van der Waals surface area (Å²) in [5.74, 6) is -0.00995. The SMILES string of the molecule is CCC(C)C(N)C(=O)NC[C@@H](C)O. The molecule has 0 aromatic carbocycles. The first-order chi connectivity index (χ1) is 5.99. The molecule has 0 aliphatic rings. The monoisotopic (exact) mass is 188 g/mol. The zero-order valence-electron chi connectivity index (χ0n) is 8.58. The van der Waals surface area contributed by atoms with E-state index >= 15 is 0 Å². The summed E-state index contributed by atoms with van der Waals surface area (Å²) in [7, 11) is 0. The molecule has 0 saturated heterocycles. The Labute approximate surface area is 79.5 Å². The van der Waals surface area contributed by atoms with Gasteiger partial charge in [-0.15, -0.1) is 0 Å². The molecular formula is C9H20N2O2. The number of carbonyl (C=O) groups is 1. The Balaban J connectivity index is 3.82. The normalized spacial score (nSPS) is 17.6. The van der Waals surface area contributed by atoms with Gasteiger partial charge < -0.3 is 16.2 Å². The highest BCUT2D eigenvalue weighted by atomic mass is 16.3. The molecule has 0 radical (unpaired) electrons. The lowest BCUT2D eigenvalue weighted by molar-refractivity contribution is -0.123. The Morgan fingerprint density at radius 2 is 2.08 bits per heavy atom. The second-order valence-electron chi connectivity index (χ2n) is 3.51. The second kappa shape index (κ2) is 5.94. The average molecular weight is 188 g/mol. The Morgan fingerprint density at radius 1 is 1.54 bits per heavy atom. The maximum atomic E-state index is 11.3. The fourth-order valence-corrected chi connectivity index (χ4v) is 0.878. The number of hydrogen-bond acceptors (Lipinski definition) is 3. The summed E-state index contributed by atoms with van der Waals surface area (Å²) in [6.45, 7) is 5.82. The van der Waals surface area contributed by atoms with Gasteiger partial charge in [0.2, 0.25) is 5.91 Å². The smallest absolute Gasteiger partial charge is 0.237 e. The van der Waals surface area contributed by atoms with Crippen LogP contribution in [0.15, 0.2) is 0 Å². The van der Waals surface area contributed by atoms with Crippen molar-refractivity contribution in [1.82, 2.24) is 5.32 Å². The molecule has 0 bridgehead atoms. The van der Waals surface area contributed by atoms with Crippen LogP contribution in [-0.4, -0.2) is 29.7 Å².